The van der Waals surface area contributed by atoms with Crippen LogP contribution in [0.15, 0.2) is 54.6 Å². The van der Waals surface area contributed by atoms with Gasteiger partial charge in [-0.3, -0.25) is 4.79 Å². The van der Waals surface area contributed by atoms with Crippen molar-refractivity contribution in [1.29, 1.82) is 0 Å². The molecule has 3 aromatic rings. The van der Waals surface area contributed by atoms with Crippen LogP contribution in [-0.4, -0.2) is 29.1 Å². The van der Waals surface area contributed by atoms with Crippen molar-refractivity contribution in [3.05, 3.63) is 65.4 Å². The molecule has 0 saturated heterocycles. The zero-order valence-electron chi connectivity index (χ0n) is 14.6. The highest BCUT2D eigenvalue weighted by Crippen LogP contribution is 2.27. The lowest BCUT2D eigenvalue weighted by Crippen LogP contribution is -2.17. The number of halogens is 2. The van der Waals surface area contributed by atoms with Crippen molar-refractivity contribution in [3.63, 3.8) is 0 Å². The average Bonchev–Trinajstić information content (AvgIpc) is 2.69. The molecule has 0 aliphatic rings. The molecule has 0 amide bonds. The Labute approximate surface area is 161 Å². The van der Waals surface area contributed by atoms with Gasteiger partial charge < -0.3 is 10.1 Å². The van der Waals surface area contributed by atoms with E-state index in [0.29, 0.717) is 29.5 Å². The topological polar surface area (TPSA) is 64.1 Å². The summed E-state index contributed by atoms with van der Waals surface area (Å²) in [5.74, 6) is -0.0383. The second-order valence-electron chi connectivity index (χ2n) is 5.62. The number of nitrogens with zero attached hydrogens (tertiary/aromatic N) is 2. The average molecular weight is 386 g/mol. The minimum absolute atomic E-state index is 0.0342. The van der Waals surface area contributed by atoms with Crippen LogP contribution < -0.4 is 5.32 Å². The van der Waals surface area contributed by atoms with Crippen molar-refractivity contribution >= 4 is 23.4 Å². The van der Waals surface area contributed by atoms with Gasteiger partial charge in [-0.15, -0.1) is 0 Å². The van der Waals surface area contributed by atoms with Gasteiger partial charge >= 0.3 is 5.97 Å². The molecule has 2 aromatic carbocycles. The first-order valence-electron chi connectivity index (χ1n) is 8.36. The number of benzene rings is 2. The largest absolute Gasteiger partial charge is 0.465 e. The van der Waals surface area contributed by atoms with Crippen LogP contribution in [0.3, 0.4) is 0 Å². The lowest BCUT2D eigenvalue weighted by Gasteiger charge is -2.10. The molecular formula is C20H17ClFN3O2. The molecule has 1 N–H and O–H groups in total. The van der Waals surface area contributed by atoms with Gasteiger partial charge in [0.15, 0.2) is 5.82 Å². The maximum atomic E-state index is 13.9. The summed E-state index contributed by atoms with van der Waals surface area (Å²) in [6.45, 7) is 2.01. The van der Waals surface area contributed by atoms with Crippen molar-refractivity contribution in [1.82, 2.24) is 9.97 Å². The summed E-state index contributed by atoms with van der Waals surface area (Å²) in [5, 5.41) is 2.97. The van der Waals surface area contributed by atoms with E-state index in [1.165, 1.54) is 12.1 Å². The molecule has 1 aromatic heterocycles. The van der Waals surface area contributed by atoms with Gasteiger partial charge in [0.2, 0.25) is 0 Å². The van der Waals surface area contributed by atoms with Crippen molar-refractivity contribution in [2.24, 2.45) is 0 Å². The van der Waals surface area contributed by atoms with E-state index in [1.807, 2.05) is 30.3 Å². The number of ether oxygens (including phenoxy) is 1. The van der Waals surface area contributed by atoms with Crippen molar-refractivity contribution in [3.8, 4) is 22.6 Å². The molecule has 0 saturated carbocycles. The highest BCUT2D eigenvalue weighted by molar-refractivity contribution is 6.30. The van der Waals surface area contributed by atoms with Gasteiger partial charge in [0.1, 0.15) is 18.2 Å². The maximum Gasteiger partial charge on any atom is 0.325 e. The lowest BCUT2D eigenvalue weighted by molar-refractivity contribution is -0.140. The number of anilines is 1. The third kappa shape index (κ3) is 4.80. The monoisotopic (exact) mass is 385 g/mol. The number of hydrogen-bond acceptors (Lipinski definition) is 5. The Morgan fingerprint density at radius 3 is 2.59 bits per heavy atom. The Morgan fingerprint density at radius 1 is 1.11 bits per heavy atom. The number of hydrogen-bond donors (Lipinski definition) is 1. The second-order valence-corrected chi connectivity index (χ2v) is 6.02. The van der Waals surface area contributed by atoms with E-state index in [1.54, 1.807) is 19.1 Å². The standard InChI is InChI=1S/C20H17ClFN3O2/c1-2-27-19(26)12-23-18-11-17(14-8-9-15(21)16(22)10-14)24-20(25-18)13-6-4-3-5-7-13/h3-11H,2,12H2,1H3,(H,23,24,25). The molecule has 0 spiro atoms. The van der Waals surface area contributed by atoms with E-state index in [2.05, 4.69) is 15.3 Å². The Balaban J connectivity index is 2.00. The first kappa shape index (κ1) is 18.8. The van der Waals surface area contributed by atoms with Gasteiger partial charge in [0.25, 0.3) is 0 Å². The van der Waals surface area contributed by atoms with Crippen molar-refractivity contribution in [2.45, 2.75) is 6.92 Å². The van der Waals surface area contributed by atoms with E-state index in [-0.39, 0.29) is 11.6 Å². The van der Waals surface area contributed by atoms with Gasteiger partial charge in [-0.1, -0.05) is 48.0 Å². The van der Waals surface area contributed by atoms with Crippen molar-refractivity contribution < 1.29 is 13.9 Å². The zero-order valence-corrected chi connectivity index (χ0v) is 15.3. The SMILES string of the molecule is CCOC(=O)CNc1cc(-c2ccc(Cl)c(F)c2)nc(-c2ccccc2)n1. The van der Waals surface area contributed by atoms with Crippen LogP contribution in [0.2, 0.25) is 5.02 Å². The number of esters is 1. The van der Waals surface area contributed by atoms with E-state index in [4.69, 9.17) is 16.3 Å². The molecule has 5 nitrogen and oxygen atoms in total. The predicted molar refractivity (Wildman–Crippen MR) is 103 cm³/mol. The lowest BCUT2D eigenvalue weighted by atomic mass is 10.1. The fourth-order valence-electron chi connectivity index (χ4n) is 2.43. The molecule has 3 rings (SSSR count). The van der Waals surface area contributed by atoms with Crippen LogP contribution in [0.1, 0.15) is 6.92 Å². The molecule has 138 valence electrons. The Morgan fingerprint density at radius 2 is 1.89 bits per heavy atom. The van der Waals surface area contributed by atoms with Crippen molar-refractivity contribution in [2.75, 3.05) is 18.5 Å². The van der Waals surface area contributed by atoms with Crippen LogP contribution in [-0.2, 0) is 9.53 Å². The summed E-state index contributed by atoms with van der Waals surface area (Å²) >= 11 is 5.77. The smallest absolute Gasteiger partial charge is 0.325 e. The number of carbonyl (C=O) groups excluding carboxylic acids is 1. The third-order valence-electron chi connectivity index (χ3n) is 3.69. The summed E-state index contributed by atoms with van der Waals surface area (Å²) in [6.07, 6.45) is 0. The molecule has 0 fully saturated rings. The normalized spacial score (nSPS) is 10.5. The molecule has 0 bridgehead atoms. The molecule has 27 heavy (non-hydrogen) atoms. The van der Waals surface area contributed by atoms with Gasteiger partial charge in [-0.25, -0.2) is 14.4 Å². The molecule has 7 heteroatoms. The van der Waals surface area contributed by atoms with Gasteiger partial charge in [0, 0.05) is 17.2 Å². The quantitative estimate of drug-likeness (QED) is 0.629. The van der Waals surface area contributed by atoms with E-state index in [0.717, 1.165) is 5.56 Å². The van der Waals surface area contributed by atoms with Crippen LogP contribution in [0.25, 0.3) is 22.6 Å². The predicted octanol–water partition coefficient (Wildman–Crippen LogP) is 4.58. The summed E-state index contributed by atoms with van der Waals surface area (Å²) in [4.78, 5) is 20.6. The molecule has 0 radical (unpaired) electrons. The third-order valence-corrected chi connectivity index (χ3v) is 4.00. The maximum absolute atomic E-state index is 13.9. The molecule has 0 unspecified atom stereocenters. The second kappa shape index (κ2) is 8.60. The van der Waals surface area contributed by atoms with Crippen LogP contribution in [0, 0.1) is 5.82 Å². The molecule has 1 heterocycles. The van der Waals surface area contributed by atoms with Crippen LogP contribution in [0.5, 0.6) is 0 Å². The van der Waals surface area contributed by atoms with Gasteiger partial charge in [-0.05, 0) is 19.1 Å². The first-order valence-corrected chi connectivity index (χ1v) is 8.74. The Kier molecular flexibility index (Phi) is 5.98. The number of carbonyl (C=O) groups is 1. The van der Waals surface area contributed by atoms with Gasteiger partial charge in [0.05, 0.1) is 17.3 Å². The Hall–Kier alpha value is -2.99. The molecule has 0 aliphatic heterocycles. The number of aromatic nitrogens is 2. The van der Waals surface area contributed by atoms with E-state index >= 15 is 0 Å². The summed E-state index contributed by atoms with van der Waals surface area (Å²) in [5.41, 5.74) is 1.86. The fourth-order valence-corrected chi connectivity index (χ4v) is 2.55. The highest BCUT2D eigenvalue weighted by Gasteiger charge is 2.11. The van der Waals surface area contributed by atoms with Gasteiger partial charge in [-0.2, -0.15) is 0 Å². The summed E-state index contributed by atoms with van der Waals surface area (Å²) in [6, 6.07) is 15.5. The zero-order chi connectivity index (χ0) is 19.2. The first-order chi connectivity index (χ1) is 13.1. The highest BCUT2D eigenvalue weighted by atomic mass is 35.5. The summed E-state index contributed by atoms with van der Waals surface area (Å²) < 4.78 is 18.8. The molecular weight excluding hydrogens is 369 g/mol. The summed E-state index contributed by atoms with van der Waals surface area (Å²) in [7, 11) is 0. The molecule has 0 atom stereocenters. The van der Waals surface area contributed by atoms with Crippen LogP contribution in [0.4, 0.5) is 10.2 Å². The Bertz CT molecular complexity index is 951. The van der Waals surface area contributed by atoms with E-state index < -0.39 is 11.8 Å². The number of rotatable bonds is 6. The number of nitrogens with one attached hydrogen (secondary N) is 1. The van der Waals surface area contributed by atoms with Crippen LogP contribution >= 0.6 is 11.6 Å². The molecule has 0 aliphatic carbocycles. The minimum Gasteiger partial charge on any atom is -0.465 e. The minimum atomic E-state index is -0.532. The fraction of sp³-hybridized carbons (Fsp3) is 0.150. The van der Waals surface area contributed by atoms with E-state index in [9.17, 15) is 9.18 Å².